The van der Waals surface area contributed by atoms with Gasteiger partial charge in [-0.1, -0.05) is 145 Å². The third kappa shape index (κ3) is 7.47. The largest absolute Gasteiger partial charge is 0.461 e. The lowest BCUT2D eigenvalue weighted by molar-refractivity contribution is -0.145. The maximum absolute atomic E-state index is 12.1. The summed E-state index contributed by atoms with van der Waals surface area (Å²) in [6.45, 7) is 7.00. The van der Waals surface area contributed by atoms with Crippen LogP contribution in [-0.2, 0) is 28.0 Å². The number of ether oxygens (including phenoxy) is 1. The molecule has 0 unspecified atom stereocenters. The molecular weight excluding hydrogens is 500 g/mol. The minimum absolute atomic E-state index is 0.0745. The smallest absolute Gasteiger partial charge is 0.306 e. The number of carbonyl (C=O) groups excluding carboxylic acids is 1. The third-order valence-corrected chi connectivity index (χ3v) is 8.67. The fourth-order valence-corrected chi connectivity index (χ4v) is 6.17. The Morgan fingerprint density at radius 2 is 1.17 bits per heavy atom. The van der Waals surface area contributed by atoms with Gasteiger partial charge in [0.05, 0.1) is 0 Å². The first-order valence-corrected chi connectivity index (χ1v) is 15.8. The van der Waals surface area contributed by atoms with E-state index in [1.165, 1.54) is 88.4 Å². The van der Waals surface area contributed by atoms with E-state index in [1.807, 2.05) is 0 Å². The number of esters is 1. The van der Waals surface area contributed by atoms with Gasteiger partial charge in [-0.2, -0.15) is 0 Å². The summed E-state index contributed by atoms with van der Waals surface area (Å²) in [5.41, 5.74) is 3.99. The van der Waals surface area contributed by atoms with Gasteiger partial charge in [-0.05, 0) is 73.7 Å². The van der Waals surface area contributed by atoms with Crippen LogP contribution < -0.4 is 0 Å². The van der Waals surface area contributed by atoms with Crippen LogP contribution in [-0.4, -0.2) is 5.97 Å². The zero-order chi connectivity index (χ0) is 28.7. The van der Waals surface area contributed by atoms with Crippen molar-refractivity contribution in [3.8, 4) is 0 Å². The molecule has 2 nitrogen and oxygen atoms in total. The van der Waals surface area contributed by atoms with Gasteiger partial charge in [-0.3, -0.25) is 4.79 Å². The molecule has 0 aliphatic rings. The molecule has 0 aliphatic heterocycles. The summed E-state index contributed by atoms with van der Waals surface area (Å²) in [7, 11) is 0. The van der Waals surface area contributed by atoms with Gasteiger partial charge >= 0.3 is 5.97 Å². The topological polar surface area (TPSA) is 26.3 Å². The van der Waals surface area contributed by atoms with Crippen LogP contribution in [0.1, 0.15) is 102 Å². The van der Waals surface area contributed by atoms with E-state index < -0.39 is 0 Å². The Balaban J connectivity index is 0.925. The Labute approximate surface area is 246 Å². The first-order chi connectivity index (χ1) is 19.9. The minimum atomic E-state index is -0.0745. The Bertz CT molecular complexity index is 1540. The summed E-state index contributed by atoms with van der Waals surface area (Å²) in [5.74, 6) is -0.0745. The average Bonchev–Trinajstić information content (AvgIpc) is 2.98. The summed E-state index contributed by atoms with van der Waals surface area (Å²) >= 11 is 0. The second-order valence-corrected chi connectivity index (χ2v) is 12.9. The van der Waals surface area contributed by atoms with Crippen LogP contribution >= 0.6 is 0 Å². The molecule has 0 amide bonds. The monoisotopic (exact) mass is 546 g/mol. The quantitative estimate of drug-likeness (QED) is 0.0786. The van der Waals surface area contributed by atoms with Gasteiger partial charge in [0.2, 0.25) is 0 Å². The van der Waals surface area contributed by atoms with Crippen molar-refractivity contribution in [1.82, 2.24) is 0 Å². The molecule has 0 N–H and O–H groups in total. The summed E-state index contributed by atoms with van der Waals surface area (Å²) in [5, 5.41) is 8.34. The highest BCUT2D eigenvalue weighted by Gasteiger charge is 2.13. The lowest BCUT2D eigenvalue weighted by atomic mass is 9.87. The highest BCUT2D eigenvalue weighted by Crippen LogP contribution is 2.36. The van der Waals surface area contributed by atoms with Crippen LogP contribution in [0.5, 0.6) is 0 Å². The zero-order valence-electron chi connectivity index (χ0n) is 25.3. The van der Waals surface area contributed by atoms with Crippen molar-refractivity contribution in [3.05, 3.63) is 95.6 Å². The van der Waals surface area contributed by atoms with Crippen LogP contribution in [0.25, 0.3) is 32.3 Å². The van der Waals surface area contributed by atoms with Crippen molar-refractivity contribution in [2.45, 2.75) is 103 Å². The number of benzene rings is 5. The first kappa shape index (κ1) is 29.1. The van der Waals surface area contributed by atoms with Gasteiger partial charge in [0.1, 0.15) is 6.61 Å². The Morgan fingerprint density at radius 3 is 1.83 bits per heavy atom. The van der Waals surface area contributed by atoms with E-state index in [1.54, 1.807) is 0 Å². The number of aryl methyl sites for hydroxylation is 1. The minimum Gasteiger partial charge on any atom is -0.461 e. The average molecular weight is 547 g/mol. The van der Waals surface area contributed by atoms with Gasteiger partial charge in [0.25, 0.3) is 0 Å². The molecular formula is C39H46O2. The highest BCUT2D eigenvalue weighted by atomic mass is 16.5. The molecule has 0 saturated heterocycles. The van der Waals surface area contributed by atoms with Gasteiger partial charge < -0.3 is 4.74 Å². The first-order valence-electron chi connectivity index (χ1n) is 15.8. The van der Waals surface area contributed by atoms with Gasteiger partial charge in [-0.25, -0.2) is 0 Å². The molecule has 41 heavy (non-hydrogen) atoms. The van der Waals surface area contributed by atoms with Gasteiger partial charge in [0, 0.05) is 6.42 Å². The van der Waals surface area contributed by atoms with E-state index >= 15 is 0 Å². The Kier molecular flexibility index (Phi) is 9.60. The molecule has 0 fully saturated rings. The predicted octanol–water partition coefficient (Wildman–Crippen LogP) is 11.1. The van der Waals surface area contributed by atoms with E-state index in [4.69, 9.17) is 4.74 Å². The number of hydrogen-bond acceptors (Lipinski definition) is 2. The van der Waals surface area contributed by atoms with Crippen molar-refractivity contribution < 1.29 is 9.53 Å². The van der Waals surface area contributed by atoms with E-state index in [-0.39, 0.29) is 11.4 Å². The highest BCUT2D eigenvalue weighted by molar-refractivity contribution is 6.23. The second-order valence-electron chi connectivity index (χ2n) is 12.9. The van der Waals surface area contributed by atoms with Crippen molar-refractivity contribution in [3.63, 3.8) is 0 Å². The number of rotatable bonds is 14. The third-order valence-electron chi connectivity index (χ3n) is 8.67. The second kappa shape index (κ2) is 13.5. The normalized spacial score (nSPS) is 12.1. The molecule has 2 heteroatoms. The van der Waals surface area contributed by atoms with Crippen LogP contribution in [0.3, 0.4) is 0 Å². The molecule has 0 spiro atoms. The predicted molar refractivity (Wildman–Crippen MR) is 175 cm³/mol. The van der Waals surface area contributed by atoms with Gasteiger partial charge in [0.15, 0.2) is 0 Å². The molecule has 0 atom stereocenters. The van der Waals surface area contributed by atoms with Crippen molar-refractivity contribution in [2.24, 2.45) is 0 Å². The fourth-order valence-electron chi connectivity index (χ4n) is 6.17. The molecule has 0 aromatic heterocycles. The summed E-state index contributed by atoms with van der Waals surface area (Å²) in [6.07, 6.45) is 12.7. The van der Waals surface area contributed by atoms with E-state index in [0.717, 1.165) is 24.8 Å². The van der Waals surface area contributed by atoms with E-state index in [9.17, 15) is 4.79 Å². The molecule has 5 rings (SSSR count). The Morgan fingerprint density at radius 1 is 0.610 bits per heavy atom. The number of carbonyl (C=O) groups is 1. The zero-order valence-corrected chi connectivity index (χ0v) is 25.3. The van der Waals surface area contributed by atoms with Crippen molar-refractivity contribution in [1.29, 1.82) is 0 Å². The molecule has 0 saturated carbocycles. The fraction of sp³-hybridized carbons (Fsp3) is 0.410. The Hall–Kier alpha value is -3.39. The number of unbranched alkanes of at least 4 members (excludes halogenated alkanes) is 8. The lowest BCUT2D eigenvalue weighted by Crippen LogP contribution is -2.11. The standard InChI is InChI=1S/C39H46O2/c1-39(2,3)34-25-18-29(19-26-34)28-41-36(40)17-12-10-8-6-4-5-7-9-11-14-30-20-21-33-23-22-31-15-13-16-32-24-27-35(30)38(33)37(31)32/h13,15-16,18-27H,4-12,14,17,28H2,1-3H3. The molecule has 5 aromatic rings. The van der Waals surface area contributed by atoms with E-state index in [2.05, 4.69) is 99.6 Å². The molecule has 0 bridgehead atoms. The molecule has 5 aromatic carbocycles. The van der Waals surface area contributed by atoms with Crippen LogP contribution in [0.4, 0.5) is 0 Å². The van der Waals surface area contributed by atoms with Crippen molar-refractivity contribution in [2.75, 3.05) is 0 Å². The maximum atomic E-state index is 12.1. The maximum Gasteiger partial charge on any atom is 0.306 e. The molecule has 0 heterocycles. The molecule has 0 radical (unpaired) electrons. The lowest BCUT2D eigenvalue weighted by Gasteiger charge is -2.19. The SMILES string of the molecule is CC(C)(C)c1ccc(COC(=O)CCCCCCCCCCCc2ccc3ccc4cccc5ccc2c3c45)cc1. The van der Waals surface area contributed by atoms with Crippen LogP contribution in [0.2, 0.25) is 0 Å². The van der Waals surface area contributed by atoms with Crippen LogP contribution in [0.15, 0.2) is 78.9 Å². The van der Waals surface area contributed by atoms with E-state index in [0.29, 0.717) is 13.0 Å². The summed E-state index contributed by atoms with van der Waals surface area (Å²) in [4.78, 5) is 12.1. The molecule has 0 aliphatic carbocycles. The van der Waals surface area contributed by atoms with Crippen LogP contribution in [0, 0.1) is 0 Å². The number of hydrogen-bond donors (Lipinski definition) is 0. The summed E-state index contributed by atoms with van der Waals surface area (Å²) < 4.78 is 5.48. The van der Waals surface area contributed by atoms with Crippen molar-refractivity contribution >= 4 is 38.3 Å². The molecule has 214 valence electrons. The summed E-state index contributed by atoms with van der Waals surface area (Å²) in [6, 6.07) is 28.9. The van der Waals surface area contributed by atoms with Gasteiger partial charge in [-0.15, -0.1) is 0 Å².